The summed E-state index contributed by atoms with van der Waals surface area (Å²) in [5.74, 6) is 0. The summed E-state index contributed by atoms with van der Waals surface area (Å²) < 4.78 is 0. The summed E-state index contributed by atoms with van der Waals surface area (Å²) in [6.07, 6.45) is 46.3. The van der Waals surface area contributed by atoms with E-state index in [1.165, 1.54) is 4.90 Å². The van der Waals surface area contributed by atoms with Crippen LogP contribution in [0.5, 0.6) is 0 Å². The molecule has 3 N–H and O–H groups in total. The van der Waals surface area contributed by atoms with Crippen molar-refractivity contribution < 1.29 is 9.90 Å². The van der Waals surface area contributed by atoms with E-state index in [1.807, 2.05) is 72.9 Å². The Labute approximate surface area is 201 Å². The molecule has 0 bridgehead atoms. The molecule has 0 aromatic carbocycles. The Bertz CT molecular complexity index is 1000. The molecule has 0 spiro atoms. The molecule has 0 radical (unpaired) electrons. The molecule has 0 saturated heterocycles. The standard InChI is InChI=1S/C29H29N3O2/c33-29(34)32(27-19-11-7-3-1-5-9-15-23-30-25-17-13-21-27)28-20-12-8-4-2-6-10-16-24-31-26-18-14-22-28/h1-26,30-31H,(H,33,34)/b3-1-,4-2-,9-5+,10-6+,11-7+,12-8+,21-13-,22-14-,23-15+,24-16+,25-17+,26-18+,27-19-,28-20-. The molecule has 0 atom stereocenters. The van der Waals surface area contributed by atoms with E-state index in [1.54, 1.807) is 85.6 Å². The van der Waals surface area contributed by atoms with E-state index in [-0.39, 0.29) is 0 Å². The van der Waals surface area contributed by atoms with Crippen LogP contribution in [0.1, 0.15) is 0 Å². The lowest BCUT2D eigenvalue weighted by Crippen LogP contribution is -2.26. The highest BCUT2D eigenvalue weighted by molar-refractivity contribution is 5.72. The molecule has 0 unspecified atom stereocenters. The van der Waals surface area contributed by atoms with Crippen molar-refractivity contribution >= 4 is 6.09 Å². The summed E-state index contributed by atoms with van der Waals surface area (Å²) >= 11 is 0. The highest BCUT2D eigenvalue weighted by Gasteiger charge is 2.17. The van der Waals surface area contributed by atoms with Gasteiger partial charge >= 0.3 is 6.09 Å². The van der Waals surface area contributed by atoms with Crippen LogP contribution in [0.3, 0.4) is 0 Å². The molecule has 0 aromatic rings. The first-order chi connectivity index (χ1) is 16.8. The summed E-state index contributed by atoms with van der Waals surface area (Å²) in [5.41, 5.74) is 0.960. The molecular weight excluding hydrogens is 422 g/mol. The highest BCUT2D eigenvalue weighted by Crippen LogP contribution is 2.18. The van der Waals surface area contributed by atoms with Crippen LogP contribution < -0.4 is 10.6 Å². The van der Waals surface area contributed by atoms with Gasteiger partial charge in [0.2, 0.25) is 0 Å². The number of amides is 1. The first-order valence-electron chi connectivity index (χ1n) is 10.7. The van der Waals surface area contributed by atoms with Gasteiger partial charge < -0.3 is 15.7 Å². The third kappa shape index (κ3) is 11.0. The van der Waals surface area contributed by atoms with Crippen LogP contribution in [0.4, 0.5) is 4.79 Å². The van der Waals surface area contributed by atoms with Gasteiger partial charge in [0.1, 0.15) is 0 Å². The van der Waals surface area contributed by atoms with Crippen molar-refractivity contribution in [2.45, 2.75) is 0 Å². The molecule has 172 valence electrons. The van der Waals surface area contributed by atoms with Gasteiger partial charge in [-0.3, -0.25) is 0 Å². The maximum atomic E-state index is 12.3. The largest absolute Gasteiger partial charge is 0.464 e. The molecule has 0 fully saturated rings. The number of allylic oxidation sites excluding steroid dienone is 22. The molecule has 2 heterocycles. The zero-order valence-electron chi connectivity index (χ0n) is 18.8. The number of nitrogens with one attached hydrogen (secondary N) is 2. The van der Waals surface area contributed by atoms with Gasteiger partial charge in [0.05, 0.1) is 11.4 Å². The molecule has 2 rings (SSSR count). The van der Waals surface area contributed by atoms with Crippen LogP contribution in [0, 0.1) is 0 Å². The van der Waals surface area contributed by atoms with Gasteiger partial charge in [-0.2, -0.15) is 0 Å². The predicted octanol–water partition coefficient (Wildman–Crippen LogP) is 6.45. The fourth-order valence-electron chi connectivity index (χ4n) is 2.59. The average molecular weight is 452 g/mol. The lowest BCUT2D eigenvalue weighted by Gasteiger charge is -2.21. The Morgan fingerprint density at radius 3 is 1.21 bits per heavy atom. The molecule has 0 saturated carbocycles. The lowest BCUT2D eigenvalue weighted by atomic mass is 10.2. The van der Waals surface area contributed by atoms with Crippen LogP contribution in [0.2, 0.25) is 0 Å². The van der Waals surface area contributed by atoms with Gasteiger partial charge in [0.15, 0.2) is 0 Å². The van der Waals surface area contributed by atoms with E-state index in [9.17, 15) is 9.90 Å². The first kappa shape index (κ1) is 25.5. The summed E-state index contributed by atoms with van der Waals surface area (Å²) in [7, 11) is 0. The third-order valence-corrected chi connectivity index (χ3v) is 4.10. The highest BCUT2D eigenvalue weighted by atomic mass is 16.4. The van der Waals surface area contributed by atoms with Crippen molar-refractivity contribution in [1.82, 2.24) is 15.5 Å². The zero-order chi connectivity index (χ0) is 24.1. The van der Waals surface area contributed by atoms with Gasteiger partial charge in [0.25, 0.3) is 0 Å². The fourth-order valence-corrected chi connectivity index (χ4v) is 2.59. The Morgan fingerprint density at radius 2 is 0.824 bits per heavy atom. The Balaban J connectivity index is 2.46. The van der Waals surface area contributed by atoms with E-state index in [0.717, 1.165) is 0 Å². The number of carbonyl (C=O) groups is 1. The van der Waals surface area contributed by atoms with Crippen LogP contribution in [0.25, 0.3) is 0 Å². The van der Waals surface area contributed by atoms with Gasteiger partial charge in [-0.1, -0.05) is 85.1 Å². The van der Waals surface area contributed by atoms with Crippen molar-refractivity contribution in [1.29, 1.82) is 0 Å². The van der Waals surface area contributed by atoms with E-state index in [2.05, 4.69) is 10.6 Å². The Kier molecular flexibility index (Phi) is 12.6. The van der Waals surface area contributed by atoms with Gasteiger partial charge in [-0.05, 0) is 48.6 Å². The molecule has 0 aromatic heterocycles. The van der Waals surface area contributed by atoms with Crippen LogP contribution in [-0.2, 0) is 0 Å². The number of rotatable bonds is 2. The maximum Gasteiger partial charge on any atom is 0.416 e. The number of hydrogen-bond donors (Lipinski definition) is 3. The normalized spacial score (nSPS) is 30.8. The summed E-state index contributed by atoms with van der Waals surface area (Å²) in [6.45, 7) is 0. The molecule has 34 heavy (non-hydrogen) atoms. The minimum Gasteiger partial charge on any atom is -0.464 e. The third-order valence-electron chi connectivity index (χ3n) is 4.10. The second-order valence-electron chi connectivity index (χ2n) is 6.60. The Morgan fingerprint density at radius 1 is 0.500 bits per heavy atom. The van der Waals surface area contributed by atoms with Gasteiger partial charge in [0, 0.05) is 24.8 Å². The van der Waals surface area contributed by atoms with Gasteiger partial charge in [-0.25, -0.2) is 9.69 Å². The minimum absolute atomic E-state index is 0.480. The van der Waals surface area contributed by atoms with E-state index >= 15 is 0 Å². The second kappa shape index (κ2) is 16.9. The summed E-state index contributed by atoms with van der Waals surface area (Å²) in [4.78, 5) is 13.6. The molecule has 2 aliphatic rings. The molecule has 1 amide bonds. The topological polar surface area (TPSA) is 64.6 Å². The first-order valence-corrected chi connectivity index (χ1v) is 10.7. The Hall–Kier alpha value is -4.77. The van der Waals surface area contributed by atoms with Crippen molar-refractivity contribution in [3.63, 3.8) is 0 Å². The van der Waals surface area contributed by atoms with Crippen LogP contribution >= 0.6 is 0 Å². The smallest absolute Gasteiger partial charge is 0.416 e. The van der Waals surface area contributed by atoms with Crippen LogP contribution in [0.15, 0.2) is 170 Å². The molecule has 5 heteroatoms. The zero-order valence-corrected chi connectivity index (χ0v) is 18.8. The predicted molar refractivity (Wildman–Crippen MR) is 142 cm³/mol. The molecular formula is C29H29N3O2. The molecule has 5 nitrogen and oxygen atoms in total. The monoisotopic (exact) mass is 451 g/mol. The van der Waals surface area contributed by atoms with E-state index < -0.39 is 6.09 Å². The SMILES string of the molecule is O=C(O)N(C1=C\C=C\C=C/C=C/C=C/N/C=C/C=C\1)C1=C\C=C\C=C/C=C/C=C/N/C=C/C=C\1. The molecule has 2 aliphatic heterocycles. The van der Waals surface area contributed by atoms with Crippen LogP contribution in [-0.4, -0.2) is 16.1 Å². The van der Waals surface area contributed by atoms with E-state index in [0.29, 0.717) is 11.4 Å². The number of hydrogen-bond acceptors (Lipinski definition) is 3. The quantitative estimate of drug-likeness (QED) is 0.452. The van der Waals surface area contributed by atoms with Gasteiger partial charge in [-0.15, -0.1) is 0 Å². The lowest BCUT2D eigenvalue weighted by molar-refractivity contribution is 0.171. The maximum absolute atomic E-state index is 12.3. The molecule has 0 aliphatic carbocycles. The van der Waals surface area contributed by atoms with Crippen molar-refractivity contribution in [2.75, 3.05) is 0 Å². The average Bonchev–Trinajstić information content (AvgIpc) is 2.84. The fraction of sp³-hybridized carbons (Fsp3) is 0. The van der Waals surface area contributed by atoms with E-state index in [4.69, 9.17) is 0 Å². The number of carboxylic acid groups (broad SMARTS) is 1. The van der Waals surface area contributed by atoms with Crippen molar-refractivity contribution in [3.8, 4) is 0 Å². The minimum atomic E-state index is -1.10. The second-order valence-corrected chi connectivity index (χ2v) is 6.60. The van der Waals surface area contributed by atoms with Crippen molar-refractivity contribution in [3.05, 3.63) is 170 Å². The summed E-state index contributed by atoms with van der Waals surface area (Å²) in [6, 6.07) is 0. The number of nitrogens with zero attached hydrogens (tertiary/aromatic N) is 1. The summed E-state index contributed by atoms with van der Waals surface area (Å²) in [5, 5.41) is 16.1. The van der Waals surface area contributed by atoms with Crippen molar-refractivity contribution in [2.24, 2.45) is 0 Å².